The number of hydrogen-bond donors (Lipinski definition) is 0. The summed E-state index contributed by atoms with van der Waals surface area (Å²) in [7, 11) is 1.55. The van der Waals surface area contributed by atoms with Crippen LogP contribution in [0, 0.1) is 5.82 Å². The molecule has 0 spiro atoms. The smallest absolute Gasteiger partial charge is 0.167 e. The van der Waals surface area contributed by atoms with Crippen molar-refractivity contribution < 1.29 is 9.13 Å². The van der Waals surface area contributed by atoms with Gasteiger partial charge in [-0.15, -0.1) is 0 Å². The van der Waals surface area contributed by atoms with Crippen LogP contribution in [0.1, 0.15) is 12.6 Å². The lowest BCUT2D eigenvalue weighted by atomic mass is 10.2. The molecular weight excluding hydrogens is 209 g/mol. The van der Waals surface area contributed by atoms with Gasteiger partial charge >= 0.3 is 0 Å². The second-order valence-corrected chi connectivity index (χ2v) is 3.32. The zero-order valence-corrected chi connectivity index (χ0v) is 9.14. The van der Waals surface area contributed by atoms with Crippen molar-refractivity contribution >= 4 is 17.1 Å². The van der Waals surface area contributed by atoms with Gasteiger partial charge in [-0.3, -0.25) is 4.98 Å². The van der Waals surface area contributed by atoms with E-state index in [2.05, 4.69) is 9.97 Å². The summed E-state index contributed by atoms with van der Waals surface area (Å²) in [5.74, 6) is -0.391. The van der Waals surface area contributed by atoms with Gasteiger partial charge in [0.05, 0.1) is 18.2 Å². The predicted molar refractivity (Wildman–Crippen MR) is 59.2 cm³/mol. The number of methoxy groups -OCH3 is 1. The first-order valence-electron chi connectivity index (χ1n) is 4.89. The van der Waals surface area contributed by atoms with E-state index in [4.69, 9.17) is 4.74 Å². The number of fused-ring (bicyclic) bond motifs is 1. The molecule has 0 saturated carbocycles. The minimum absolute atomic E-state index is 0.271. The fraction of sp³-hybridized carbons (Fsp3) is 0.273. The Hall–Kier alpha value is -1.75. The first-order valence-corrected chi connectivity index (χ1v) is 4.89. The Morgan fingerprint density at radius 1 is 1.50 bits per heavy atom. The molecule has 2 aromatic rings. The standard InChI is InChI=1S/C11H12FN3O/c1-3-4-9-10-11(8(12)5-13-9)15(6-14-10)7-16-2/h3-6H,7H2,1-2H3. The summed E-state index contributed by atoms with van der Waals surface area (Å²) in [4.78, 5) is 8.14. The molecule has 0 aromatic carbocycles. The monoisotopic (exact) mass is 221 g/mol. The lowest BCUT2D eigenvalue weighted by Gasteiger charge is -2.03. The van der Waals surface area contributed by atoms with Gasteiger partial charge < -0.3 is 9.30 Å². The maximum Gasteiger partial charge on any atom is 0.167 e. The number of imidazole rings is 1. The highest BCUT2D eigenvalue weighted by molar-refractivity contribution is 5.83. The molecule has 0 atom stereocenters. The number of hydrogen-bond acceptors (Lipinski definition) is 3. The Labute approximate surface area is 92.4 Å². The quantitative estimate of drug-likeness (QED) is 0.797. The zero-order valence-electron chi connectivity index (χ0n) is 9.14. The second kappa shape index (κ2) is 4.40. The van der Waals surface area contributed by atoms with Crippen LogP contribution in [0.2, 0.25) is 0 Å². The van der Waals surface area contributed by atoms with E-state index in [0.29, 0.717) is 16.7 Å². The molecule has 84 valence electrons. The van der Waals surface area contributed by atoms with Crippen LogP contribution in [0.4, 0.5) is 4.39 Å². The van der Waals surface area contributed by atoms with Gasteiger partial charge in [0.25, 0.3) is 0 Å². The Morgan fingerprint density at radius 2 is 2.31 bits per heavy atom. The van der Waals surface area contributed by atoms with Crippen molar-refractivity contribution in [1.82, 2.24) is 14.5 Å². The summed E-state index contributed by atoms with van der Waals surface area (Å²) in [6.45, 7) is 2.15. The molecule has 16 heavy (non-hydrogen) atoms. The maximum absolute atomic E-state index is 13.6. The molecule has 2 aromatic heterocycles. The van der Waals surface area contributed by atoms with Crippen molar-refractivity contribution in [3.63, 3.8) is 0 Å². The van der Waals surface area contributed by atoms with E-state index < -0.39 is 5.82 Å². The molecule has 2 rings (SSSR count). The van der Waals surface area contributed by atoms with Crippen molar-refractivity contribution in [2.45, 2.75) is 13.7 Å². The highest BCUT2D eigenvalue weighted by atomic mass is 19.1. The van der Waals surface area contributed by atoms with E-state index in [0.717, 1.165) is 0 Å². The lowest BCUT2D eigenvalue weighted by molar-refractivity contribution is 0.134. The van der Waals surface area contributed by atoms with Crippen molar-refractivity contribution in [3.05, 3.63) is 30.1 Å². The molecule has 0 aliphatic carbocycles. The molecule has 0 aliphatic rings. The van der Waals surface area contributed by atoms with Crippen molar-refractivity contribution in [1.29, 1.82) is 0 Å². The van der Waals surface area contributed by atoms with Crippen LogP contribution >= 0.6 is 0 Å². The average molecular weight is 221 g/mol. The maximum atomic E-state index is 13.6. The number of pyridine rings is 1. The summed E-state index contributed by atoms with van der Waals surface area (Å²) >= 11 is 0. The molecule has 4 nitrogen and oxygen atoms in total. The summed E-state index contributed by atoms with van der Waals surface area (Å²) < 4.78 is 20.2. The van der Waals surface area contributed by atoms with Gasteiger partial charge in [0.15, 0.2) is 5.82 Å². The fourth-order valence-electron chi connectivity index (χ4n) is 1.59. The van der Waals surface area contributed by atoms with Crippen LogP contribution in [-0.2, 0) is 11.5 Å². The largest absolute Gasteiger partial charge is 0.364 e. The van der Waals surface area contributed by atoms with Crippen LogP contribution in [0.3, 0.4) is 0 Å². The average Bonchev–Trinajstić information content (AvgIpc) is 2.68. The van der Waals surface area contributed by atoms with Crippen LogP contribution < -0.4 is 0 Å². The molecule has 0 amide bonds. The van der Waals surface area contributed by atoms with Crippen molar-refractivity contribution in [2.24, 2.45) is 0 Å². The van der Waals surface area contributed by atoms with E-state index in [1.807, 2.05) is 13.0 Å². The van der Waals surface area contributed by atoms with Gasteiger partial charge in [-0.1, -0.05) is 6.08 Å². The van der Waals surface area contributed by atoms with Gasteiger partial charge in [-0.05, 0) is 13.0 Å². The van der Waals surface area contributed by atoms with Crippen LogP contribution in [0.5, 0.6) is 0 Å². The highest BCUT2D eigenvalue weighted by Gasteiger charge is 2.11. The Morgan fingerprint density at radius 3 is 3.00 bits per heavy atom. The summed E-state index contributed by atoms with van der Waals surface area (Å²) in [6.07, 6.45) is 6.39. The molecule has 2 heterocycles. The molecule has 0 radical (unpaired) electrons. The van der Waals surface area contributed by atoms with Gasteiger partial charge in [-0.25, -0.2) is 9.37 Å². The summed E-state index contributed by atoms with van der Waals surface area (Å²) in [5.41, 5.74) is 1.63. The Kier molecular flexibility index (Phi) is 2.96. The molecule has 0 bridgehead atoms. The zero-order chi connectivity index (χ0) is 11.5. The first-order chi connectivity index (χ1) is 7.77. The minimum Gasteiger partial charge on any atom is -0.364 e. The number of allylic oxidation sites excluding steroid dienone is 1. The minimum atomic E-state index is -0.391. The fourth-order valence-corrected chi connectivity index (χ4v) is 1.59. The van der Waals surface area contributed by atoms with E-state index in [1.165, 1.54) is 6.20 Å². The first kappa shape index (κ1) is 10.8. The summed E-state index contributed by atoms with van der Waals surface area (Å²) in [5, 5.41) is 0. The van der Waals surface area contributed by atoms with Crippen LogP contribution in [-0.4, -0.2) is 21.6 Å². The summed E-state index contributed by atoms with van der Waals surface area (Å²) in [6, 6.07) is 0. The molecule has 0 fully saturated rings. The third kappa shape index (κ3) is 1.69. The third-order valence-electron chi connectivity index (χ3n) is 2.22. The van der Waals surface area contributed by atoms with Gasteiger partial charge in [0.2, 0.25) is 0 Å². The van der Waals surface area contributed by atoms with E-state index >= 15 is 0 Å². The molecule has 0 unspecified atom stereocenters. The lowest BCUT2D eigenvalue weighted by Crippen LogP contribution is -2.00. The second-order valence-electron chi connectivity index (χ2n) is 3.32. The van der Waals surface area contributed by atoms with E-state index in [-0.39, 0.29) is 6.73 Å². The molecule has 0 saturated heterocycles. The van der Waals surface area contributed by atoms with E-state index in [1.54, 1.807) is 24.1 Å². The predicted octanol–water partition coefficient (Wildman–Crippen LogP) is 2.21. The van der Waals surface area contributed by atoms with Gasteiger partial charge in [-0.2, -0.15) is 0 Å². The Balaban J connectivity index is 2.67. The molecule has 0 N–H and O–H groups in total. The van der Waals surface area contributed by atoms with Crippen molar-refractivity contribution in [3.8, 4) is 0 Å². The Bertz CT molecular complexity index is 533. The molecular formula is C11H12FN3O. The third-order valence-corrected chi connectivity index (χ3v) is 2.22. The highest BCUT2D eigenvalue weighted by Crippen LogP contribution is 2.19. The number of rotatable bonds is 3. The normalized spacial score (nSPS) is 11.7. The van der Waals surface area contributed by atoms with Crippen molar-refractivity contribution in [2.75, 3.05) is 7.11 Å². The van der Waals surface area contributed by atoms with E-state index in [9.17, 15) is 4.39 Å². The van der Waals surface area contributed by atoms with Gasteiger partial charge in [0.1, 0.15) is 17.8 Å². The topological polar surface area (TPSA) is 39.9 Å². The van der Waals surface area contributed by atoms with Gasteiger partial charge in [0, 0.05) is 7.11 Å². The van der Waals surface area contributed by atoms with Crippen LogP contribution in [0.15, 0.2) is 18.6 Å². The molecule has 5 heteroatoms. The number of nitrogens with zero attached hydrogens (tertiary/aromatic N) is 3. The number of halogens is 1. The number of aromatic nitrogens is 3. The molecule has 0 aliphatic heterocycles. The SMILES string of the molecule is CC=Cc1ncc(F)c2c1ncn2COC. The van der Waals surface area contributed by atoms with Crippen LogP contribution in [0.25, 0.3) is 17.1 Å². The number of ether oxygens (including phenoxy) is 1.